The van der Waals surface area contributed by atoms with Gasteiger partial charge >= 0.3 is 0 Å². The van der Waals surface area contributed by atoms with E-state index in [0.29, 0.717) is 31.0 Å². The fourth-order valence-corrected chi connectivity index (χ4v) is 3.34. The van der Waals surface area contributed by atoms with Crippen molar-refractivity contribution in [3.05, 3.63) is 30.0 Å². The summed E-state index contributed by atoms with van der Waals surface area (Å²) in [7, 11) is 3.61. The monoisotopic (exact) mass is 358 g/mol. The molecular weight excluding hydrogens is 332 g/mol. The van der Waals surface area contributed by atoms with Crippen LogP contribution in [-0.4, -0.2) is 66.8 Å². The number of rotatable bonds is 7. The lowest BCUT2D eigenvalue weighted by molar-refractivity contribution is -0.122. The van der Waals surface area contributed by atoms with Crippen molar-refractivity contribution in [1.29, 1.82) is 0 Å². The Morgan fingerprint density at radius 1 is 1.27 bits per heavy atom. The van der Waals surface area contributed by atoms with Crippen molar-refractivity contribution in [1.82, 2.24) is 20.2 Å². The van der Waals surface area contributed by atoms with Crippen LogP contribution >= 0.6 is 0 Å². The Morgan fingerprint density at radius 3 is 2.69 bits per heavy atom. The summed E-state index contributed by atoms with van der Waals surface area (Å²) in [4.78, 5) is 23.7. The van der Waals surface area contributed by atoms with Gasteiger partial charge < -0.3 is 19.7 Å². The zero-order chi connectivity index (χ0) is 18.5. The molecule has 1 aliphatic rings. The number of para-hydroxylation sites is 2. The van der Waals surface area contributed by atoms with Crippen LogP contribution in [-0.2, 0) is 16.0 Å². The normalized spacial score (nSPS) is 20.4. The zero-order valence-corrected chi connectivity index (χ0v) is 15.6. The van der Waals surface area contributed by atoms with Gasteiger partial charge in [0.2, 0.25) is 11.8 Å². The van der Waals surface area contributed by atoms with Crippen molar-refractivity contribution in [3.8, 4) is 5.88 Å². The number of carbonyl (C=O) groups excluding carboxylic acids is 1. The first kappa shape index (κ1) is 18.5. The van der Waals surface area contributed by atoms with Crippen LogP contribution in [0.4, 0.5) is 0 Å². The van der Waals surface area contributed by atoms with Crippen molar-refractivity contribution in [2.24, 2.45) is 0 Å². The molecular formula is C19H26N4O3. The van der Waals surface area contributed by atoms with Gasteiger partial charge in [0.1, 0.15) is 5.69 Å². The summed E-state index contributed by atoms with van der Waals surface area (Å²) in [6, 6.07) is 7.66. The second kappa shape index (κ2) is 8.42. The molecule has 2 heterocycles. The number of amides is 1. The van der Waals surface area contributed by atoms with E-state index in [1.54, 1.807) is 7.11 Å². The van der Waals surface area contributed by atoms with Gasteiger partial charge in [0.25, 0.3) is 0 Å². The van der Waals surface area contributed by atoms with Gasteiger partial charge in [-0.05, 0) is 26.1 Å². The second-order valence-electron chi connectivity index (χ2n) is 6.56. The van der Waals surface area contributed by atoms with Crippen molar-refractivity contribution in [2.75, 3.05) is 33.9 Å². The van der Waals surface area contributed by atoms with Crippen LogP contribution in [0.3, 0.4) is 0 Å². The minimum atomic E-state index is -0.00739. The summed E-state index contributed by atoms with van der Waals surface area (Å²) in [5, 5.41) is 3.09. The number of aryl methyl sites for hydroxylation is 1. The molecule has 3 rings (SSSR count). The van der Waals surface area contributed by atoms with Crippen molar-refractivity contribution >= 4 is 16.9 Å². The largest absolute Gasteiger partial charge is 0.480 e. The van der Waals surface area contributed by atoms with Crippen LogP contribution < -0.4 is 10.1 Å². The number of methoxy groups -OCH3 is 1. The minimum absolute atomic E-state index is 0.00739. The number of nitrogens with zero attached hydrogens (tertiary/aromatic N) is 3. The summed E-state index contributed by atoms with van der Waals surface area (Å²) < 4.78 is 11.1. The van der Waals surface area contributed by atoms with E-state index in [0.717, 1.165) is 24.1 Å². The standard InChI is InChI=1S/C19H26N4O3/c1-4-26-17-12-23(2)11-16(17)21-18(24)10-9-15-19(25-3)22-14-8-6-5-7-13(14)20-15/h5-8,16-17H,4,9-12H2,1-3H3,(H,21,24)/t16-,17-/m1/s1. The molecule has 1 amide bonds. The van der Waals surface area contributed by atoms with Crippen molar-refractivity contribution in [2.45, 2.75) is 31.9 Å². The Labute approximate surface area is 153 Å². The lowest BCUT2D eigenvalue weighted by atomic mass is 10.1. The molecule has 0 radical (unpaired) electrons. The lowest BCUT2D eigenvalue weighted by Crippen LogP contribution is -2.44. The van der Waals surface area contributed by atoms with Crippen LogP contribution in [0.5, 0.6) is 5.88 Å². The molecule has 1 aliphatic heterocycles. The van der Waals surface area contributed by atoms with E-state index in [-0.39, 0.29) is 18.1 Å². The van der Waals surface area contributed by atoms with Gasteiger partial charge in [-0.3, -0.25) is 4.79 Å². The third-order valence-corrected chi connectivity index (χ3v) is 4.56. The summed E-state index contributed by atoms with van der Waals surface area (Å²) in [6.07, 6.45) is 0.862. The number of aromatic nitrogens is 2. The molecule has 1 fully saturated rings. The molecule has 0 bridgehead atoms. The van der Waals surface area contributed by atoms with Crippen LogP contribution in [0, 0.1) is 0 Å². The predicted molar refractivity (Wildman–Crippen MR) is 99.3 cm³/mol. The zero-order valence-electron chi connectivity index (χ0n) is 15.6. The first-order chi connectivity index (χ1) is 12.6. The number of nitrogens with one attached hydrogen (secondary N) is 1. The number of ether oxygens (including phenoxy) is 2. The third kappa shape index (κ3) is 4.28. The molecule has 1 aromatic heterocycles. The molecule has 1 N–H and O–H groups in total. The molecule has 1 aromatic carbocycles. The Hall–Kier alpha value is -2.25. The van der Waals surface area contributed by atoms with Crippen LogP contribution in [0.2, 0.25) is 0 Å². The average Bonchev–Trinajstić information content (AvgIpc) is 2.98. The maximum Gasteiger partial charge on any atom is 0.235 e. The highest BCUT2D eigenvalue weighted by Gasteiger charge is 2.32. The second-order valence-corrected chi connectivity index (χ2v) is 6.56. The molecule has 7 nitrogen and oxygen atoms in total. The summed E-state index contributed by atoms with van der Waals surface area (Å²) >= 11 is 0. The van der Waals surface area contributed by atoms with Gasteiger partial charge in [0.05, 0.1) is 30.3 Å². The average molecular weight is 358 g/mol. The quantitative estimate of drug-likeness (QED) is 0.806. The third-order valence-electron chi connectivity index (χ3n) is 4.56. The highest BCUT2D eigenvalue weighted by molar-refractivity contribution is 5.77. The molecule has 2 atom stereocenters. The summed E-state index contributed by atoms with van der Waals surface area (Å²) in [5.41, 5.74) is 2.29. The van der Waals surface area contributed by atoms with E-state index in [9.17, 15) is 4.79 Å². The van der Waals surface area contributed by atoms with Gasteiger partial charge in [-0.1, -0.05) is 12.1 Å². The Bertz CT molecular complexity index is 768. The molecule has 26 heavy (non-hydrogen) atoms. The number of hydrogen-bond acceptors (Lipinski definition) is 6. The SMILES string of the molecule is CCO[C@@H]1CN(C)C[C@H]1NC(=O)CCc1nc2ccccc2nc1OC. The molecule has 7 heteroatoms. The fraction of sp³-hybridized carbons (Fsp3) is 0.526. The number of likely N-dealkylation sites (tertiary alicyclic amines) is 1. The molecule has 140 valence electrons. The van der Waals surface area contributed by atoms with Crippen LogP contribution in [0.25, 0.3) is 11.0 Å². The molecule has 2 aromatic rings. The van der Waals surface area contributed by atoms with Crippen molar-refractivity contribution in [3.63, 3.8) is 0 Å². The van der Waals surface area contributed by atoms with E-state index in [1.807, 2.05) is 38.2 Å². The summed E-state index contributed by atoms with van der Waals surface area (Å²) in [6.45, 7) is 4.26. The molecule has 0 unspecified atom stereocenters. The smallest absolute Gasteiger partial charge is 0.235 e. The number of hydrogen-bond donors (Lipinski definition) is 1. The van der Waals surface area contributed by atoms with E-state index >= 15 is 0 Å². The van der Waals surface area contributed by atoms with Gasteiger partial charge in [-0.2, -0.15) is 0 Å². The number of carbonyl (C=O) groups is 1. The topological polar surface area (TPSA) is 76.6 Å². The van der Waals surface area contributed by atoms with Crippen molar-refractivity contribution < 1.29 is 14.3 Å². The van der Waals surface area contributed by atoms with Crippen LogP contribution in [0.15, 0.2) is 24.3 Å². The van der Waals surface area contributed by atoms with Crippen LogP contribution in [0.1, 0.15) is 19.0 Å². The number of likely N-dealkylation sites (N-methyl/N-ethyl adjacent to an activating group) is 1. The maximum atomic E-state index is 12.4. The minimum Gasteiger partial charge on any atom is -0.480 e. The highest BCUT2D eigenvalue weighted by atomic mass is 16.5. The number of fused-ring (bicyclic) bond motifs is 1. The van der Waals surface area contributed by atoms with E-state index in [4.69, 9.17) is 9.47 Å². The van der Waals surface area contributed by atoms with E-state index in [1.165, 1.54) is 0 Å². The molecule has 0 saturated carbocycles. The molecule has 0 aliphatic carbocycles. The fourth-order valence-electron chi connectivity index (χ4n) is 3.34. The summed E-state index contributed by atoms with van der Waals surface area (Å²) in [5.74, 6) is 0.469. The van der Waals surface area contributed by atoms with Gasteiger partial charge in [0.15, 0.2) is 0 Å². The van der Waals surface area contributed by atoms with E-state index < -0.39 is 0 Å². The van der Waals surface area contributed by atoms with Gasteiger partial charge in [-0.25, -0.2) is 9.97 Å². The molecule has 1 saturated heterocycles. The Morgan fingerprint density at radius 2 is 2.00 bits per heavy atom. The molecule has 0 spiro atoms. The Balaban J connectivity index is 1.63. The van der Waals surface area contributed by atoms with Gasteiger partial charge in [0, 0.05) is 32.5 Å². The first-order valence-electron chi connectivity index (χ1n) is 9.00. The number of benzene rings is 1. The highest BCUT2D eigenvalue weighted by Crippen LogP contribution is 2.20. The predicted octanol–water partition coefficient (Wildman–Crippen LogP) is 1.41. The van der Waals surface area contributed by atoms with E-state index in [2.05, 4.69) is 20.2 Å². The van der Waals surface area contributed by atoms with Gasteiger partial charge in [-0.15, -0.1) is 0 Å². The lowest BCUT2D eigenvalue weighted by Gasteiger charge is -2.19. The first-order valence-corrected chi connectivity index (χ1v) is 9.00. The maximum absolute atomic E-state index is 12.4. The Kier molecular flexibility index (Phi) is 6.00.